The molecule has 33 heavy (non-hydrogen) atoms. The number of nitrogens with zero attached hydrogens (tertiary/aromatic N) is 5. The fourth-order valence-electron chi connectivity index (χ4n) is 2.77. The number of ether oxygens (including phenoxy) is 2. The van der Waals surface area contributed by atoms with Crippen LogP contribution in [0, 0.1) is 0 Å². The molecule has 0 aliphatic heterocycles. The zero-order chi connectivity index (χ0) is 24.6. The second-order valence-corrected chi connectivity index (χ2v) is 10.4. The van der Waals surface area contributed by atoms with E-state index >= 15 is 0 Å². The molecule has 2 heterocycles. The van der Waals surface area contributed by atoms with E-state index in [2.05, 4.69) is 25.2 Å². The number of carbonyl (C=O) groups is 1. The minimum absolute atomic E-state index is 0.287. The SMILES string of the molecule is CCCCOC(=O)C(C)(C)N[P@@](=O)(CO[C@H](C)Cn1cnc2c(N)ncnc21)ON=C(C)C. The smallest absolute Gasteiger partial charge is 0.365 e. The predicted octanol–water partition coefficient (Wildman–Crippen LogP) is 3.09. The number of carbonyl (C=O) groups excluding carboxylic acids is 1. The van der Waals surface area contributed by atoms with Gasteiger partial charge in [0.15, 0.2) is 11.5 Å². The van der Waals surface area contributed by atoms with Gasteiger partial charge in [0, 0.05) is 0 Å². The second-order valence-electron chi connectivity index (χ2n) is 8.45. The third-order valence-corrected chi connectivity index (χ3v) is 6.19. The van der Waals surface area contributed by atoms with Crippen LogP contribution < -0.4 is 10.8 Å². The number of imidazole rings is 1. The minimum Gasteiger partial charge on any atom is -0.464 e. The maximum Gasteiger partial charge on any atom is 0.365 e. The molecule has 0 aromatic carbocycles. The number of aromatic nitrogens is 4. The lowest BCUT2D eigenvalue weighted by Gasteiger charge is -2.29. The average Bonchev–Trinajstić information content (AvgIpc) is 3.15. The molecule has 2 rings (SSSR count). The lowest BCUT2D eigenvalue weighted by molar-refractivity contribution is -0.149. The van der Waals surface area contributed by atoms with Gasteiger partial charge in [-0.15, -0.1) is 0 Å². The Kier molecular flexibility index (Phi) is 9.33. The Labute approximate surface area is 193 Å². The summed E-state index contributed by atoms with van der Waals surface area (Å²) in [5.74, 6) is -0.248. The molecule has 0 unspecified atom stereocenters. The molecule has 2 atom stereocenters. The first kappa shape index (κ1) is 26.7. The molecule has 0 aliphatic carbocycles. The molecule has 184 valence electrons. The quantitative estimate of drug-likeness (QED) is 0.143. The number of rotatable bonds is 13. The number of unbranched alkanes of at least 4 members (excludes halogenated alkanes) is 1. The van der Waals surface area contributed by atoms with Crippen molar-refractivity contribution in [2.24, 2.45) is 5.16 Å². The largest absolute Gasteiger partial charge is 0.464 e. The van der Waals surface area contributed by atoms with E-state index in [-0.39, 0.29) is 18.8 Å². The third kappa shape index (κ3) is 7.76. The van der Waals surface area contributed by atoms with E-state index in [4.69, 9.17) is 19.8 Å². The van der Waals surface area contributed by atoms with Crippen LogP contribution >= 0.6 is 7.52 Å². The maximum atomic E-state index is 13.5. The van der Waals surface area contributed by atoms with Crippen LogP contribution in [0.1, 0.15) is 54.4 Å². The molecule has 0 saturated heterocycles. The lowest BCUT2D eigenvalue weighted by atomic mass is 10.1. The third-order valence-electron chi connectivity index (χ3n) is 4.46. The van der Waals surface area contributed by atoms with Crippen molar-refractivity contribution in [3.8, 4) is 0 Å². The summed E-state index contributed by atoms with van der Waals surface area (Å²) in [4.78, 5) is 24.8. The zero-order valence-electron chi connectivity index (χ0n) is 20.1. The Morgan fingerprint density at radius 1 is 1.33 bits per heavy atom. The van der Waals surface area contributed by atoms with Gasteiger partial charge in [0.2, 0.25) is 0 Å². The number of anilines is 1. The van der Waals surface area contributed by atoms with Crippen molar-refractivity contribution in [2.45, 2.75) is 72.6 Å². The Bertz CT molecular complexity index is 1020. The number of nitrogens with two attached hydrogens (primary N) is 1. The highest BCUT2D eigenvalue weighted by Gasteiger charge is 2.39. The van der Waals surface area contributed by atoms with E-state index in [0.717, 1.165) is 12.8 Å². The lowest BCUT2D eigenvalue weighted by Crippen LogP contribution is -2.46. The van der Waals surface area contributed by atoms with Gasteiger partial charge in [0.1, 0.15) is 23.7 Å². The van der Waals surface area contributed by atoms with Gasteiger partial charge < -0.3 is 24.4 Å². The van der Waals surface area contributed by atoms with Crippen LogP contribution in [-0.2, 0) is 30.0 Å². The van der Waals surface area contributed by atoms with Crippen LogP contribution in [0.4, 0.5) is 5.82 Å². The molecular formula is C20H34N7O5P. The normalized spacial score (nSPS) is 14.5. The van der Waals surface area contributed by atoms with Gasteiger partial charge in [-0.1, -0.05) is 18.5 Å². The molecule has 3 N–H and O–H groups in total. The van der Waals surface area contributed by atoms with E-state index in [9.17, 15) is 9.36 Å². The number of hydrogen-bond acceptors (Lipinski definition) is 10. The summed E-state index contributed by atoms with van der Waals surface area (Å²) >= 11 is 0. The summed E-state index contributed by atoms with van der Waals surface area (Å²) in [6.07, 6.45) is 3.87. The summed E-state index contributed by atoms with van der Waals surface area (Å²) in [5, 5.41) is 6.61. The molecule has 0 aliphatic rings. The Morgan fingerprint density at radius 3 is 2.73 bits per heavy atom. The van der Waals surface area contributed by atoms with Crippen LogP contribution in [-0.4, -0.2) is 55.8 Å². The first-order valence-electron chi connectivity index (χ1n) is 10.8. The molecule has 0 bridgehead atoms. The van der Waals surface area contributed by atoms with Crippen LogP contribution in [0.2, 0.25) is 0 Å². The average molecular weight is 484 g/mol. The van der Waals surface area contributed by atoms with Gasteiger partial charge in [-0.05, 0) is 41.0 Å². The van der Waals surface area contributed by atoms with E-state index in [1.54, 1.807) is 45.5 Å². The highest BCUT2D eigenvalue weighted by molar-refractivity contribution is 7.56. The fourth-order valence-corrected chi connectivity index (χ4v) is 4.61. The van der Waals surface area contributed by atoms with Gasteiger partial charge >= 0.3 is 13.5 Å². The van der Waals surface area contributed by atoms with Gasteiger partial charge in [-0.25, -0.2) is 20.0 Å². The number of nitrogens with one attached hydrogen (secondary N) is 1. The van der Waals surface area contributed by atoms with E-state index in [1.807, 2.05) is 6.92 Å². The molecular weight excluding hydrogens is 449 g/mol. The van der Waals surface area contributed by atoms with Crippen LogP contribution in [0.5, 0.6) is 0 Å². The number of fused-ring (bicyclic) bond motifs is 1. The van der Waals surface area contributed by atoms with E-state index in [0.29, 0.717) is 23.4 Å². The standard InChI is InChI=1S/C20H34N7O5P/c1-7-8-9-30-19(28)20(5,6)26-33(29,32-25-14(2)3)13-31-15(4)10-27-12-24-16-17(21)22-11-23-18(16)27/h11-12,15H,7-10,13H2,1-6H3,(H,26,29)(H2,21,22,23)/t15-,33-/m1/s1. The van der Waals surface area contributed by atoms with Crippen molar-refractivity contribution in [1.29, 1.82) is 0 Å². The summed E-state index contributed by atoms with van der Waals surface area (Å²) < 4.78 is 31.7. The second kappa shape index (κ2) is 11.5. The first-order valence-corrected chi connectivity index (χ1v) is 12.6. The highest BCUT2D eigenvalue weighted by atomic mass is 31.2. The van der Waals surface area contributed by atoms with Crippen LogP contribution in [0.25, 0.3) is 11.2 Å². The van der Waals surface area contributed by atoms with E-state index in [1.165, 1.54) is 6.33 Å². The summed E-state index contributed by atoms with van der Waals surface area (Å²) in [5.41, 5.74) is 6.18. The number of oxime groups is 1. The molecule has 0 amide bonds. The fraction of sp³-hybridized carbons (Fsp3) is 0.650. The van der Waals surface area contributed by atoms with Crippen LogP contribution in [0.15, 0.2) is 17.8 Å². The van der Waals surface area contributed by atoms with Crippen molar-refractivity contribution in [2.75, 3.05) is 18.7 Å². The molecule has 0 saturated carbocycles. The summed E-state index contributed by atoms with van der Waals surface area (Å²) in [6.45, 7) is 11.0. The molecule has 0 spiro atoms. The van der Waals surface area contributed by atoms with Crippen molar-refractivity contribution < 1.29 is 23.5 Å². The Hall–Kier alpha value is -2.56. The first-order chi connectivity index (χ1) is 15.5. The van der Waals surface area contributed by atoms with Crippen molar-refractivity contribution >= 4 is 36.2 Å². The van der Waals surface area contributed by atoms with E-state index < -0.39 is 25.1 Å². The maximum absolute atomic E-state index is 13.5. The molecule has 0 radical (unpaired) electrons. The Balaban J connectivity index is 2.08. The van der Waals surface area contributed by atoms with Gasteiger partial charge in [-0.2, -0.15) is 0 Å². The number of nitrogen functional groups attached to an aromatic ring is 1. The summed E-state index contributed by atoms with van der Waals surface area (Å²) in [7, 11) is -3.72. The van der Waals surface area contributed by atoms with Crippen molar-refractivity contribution in [3.05, 3.63) is 12.7 Å². The minimum atomic E-state index is -3.72. The van der Waals surface area contributed by atoms with Gasteiger partial charge in [-0.3, -0.25) is 9.36 Å². The number of hydrogen-bond donors (Lipinski definition) is 2. The van der Waals surface area contributed by atoms with Crippen molar-refractivity contribution in [3.63, 3.8) is 0 Å². The topological polar surface area (TPSA) is 156 Å². The Morgan fingerprint density at radius 2 is 2.06 bits per heavy atom. The highest BCUT2D eigenvalue weighted by Crippen LogP contribution is 2.45. The zero-order valence-corrected chi connectivity index (χ0v) is 21.0. The number of esters is 1. The van der Waals surface area contributed by atoms with Crippen molar-refractivity contribution in [1.82, 2.24) is 24.6 Å². The molecule has 0 fully saturated rings. The monoisotopic (exact) mass is 483 g/mol. The molecule has 2 aromatic rings. The summed E-state index contributed by atoms with van der Waals surface area (Å²) in [6, 6.07) is 0. The molecule has 13 heteroatoms. The molecule has 12 nitrogen and oxygen atoms in total. The molecule has 2 aromatic heterocycles. The van der Waals surface area contributed by atoms with Gasteiger partial charge in [0.25, 0.3) is 0 Å². The predicted molar refractivity (Wildman–Crippen MR) is 126 cm³/mol. The van der Waals surface area contributed by atoms with Gasteiger partial charge in [0.05, 0.1) is 31.3 Å². The van der Waals surface area contributed by atoms with Crippen LogP contribution in [0.3, 0.4) is 0 Å².